The Balaban J connectivity index is 2.78. The minimum absolute atomic E-state index is 0.0857. The molecule has 1 aromatic heterocycles. The fraction of sp³-hybridized carbons (Fsp3) is 0.462. The fourth-order valence-electron chi connectivity index (χ4n) is 1.67. The van der Waals surface area contributed by atoms with E-state index in [4.69, 9.17) is 15.7 Å². The molecule has 0 fully saturated rings. The van der Waals surface area contributed by atoms with Gasteiger partial charge in [-0.3, -0.25) is 9.78 Å². The largest absolute Gasteiger partial charge is 0.409 e. The zero-order valence-electron chi connectivity index (χ0n) is 11.7. The number of methoxy groups -OCH3 is 1. The first-order valence-corrected chi connectivity index (χ1v) is 6.24. The molecule has 1 amide bonds. The van der Waals surface area contributed by atoms with Crippen LogP contribution in [-0.4, -0.2) is 53.6 Å². The molecule has 0 aliphatic carbocycles. The lowest BCUT2D eigenvalue weighted by atomic mass is 10.2. The van der Waals surface area contributed by atoms with Gasteiger partial charge in [-0.2, -0.15) is 0 Å². The van der Waals surface area contributed by atoms with Gasteiger partial charge < -0.3 is 20.6 Å². The first-order chi connectivity index (χ1) is 9.58. The summed E-state index contributed by atoms with van der Waals surface area (Å²) in [6, 6.07) is 1.78. The van der Waals surface area contributed by atoms with Gasteiger partial charge in [-0.1, -0.05) is 5.16 Å². The number of carbonyl (C=O) groups excluding carboxylic acids is 1. The van der Waals surface area contributed by atoms with Crippen LogP contribution in [0.15, 0.2) is 23.6 Å². The molecule has 0 aromatic carbocycles. The Morgan fingerprint density at radius 2 is 2.25 bits per heavy atom. The van der Waals surface area contributed by atoms with Gasteiger partial charge in [0.05, 0.1) is 12.2 Å². The molecule has 0 aliphatic heterocycles. The monoisotopic (exact) mass is 280 g/mol. The van der Waals surface area contributed by atoms with E-state index in [0.717, 1.165) is 5.56 Å². The Labute approximate surface area is 118 Å². The van der Waals surface area contributed by atoms with Gasteiger partial charge in [-0.25, -0.2) is 0 Å². The molecule has 7 heteroatoms. The van der Waals surface area contributed by atoms with Crippen LogP contribution in [0, 0.1) is 6.92 Å². The summed E-state index contributed by atoms with van der Waals surface area (Å²) in [6.07, 6.45) is 3.51. The highest BCUT2D eigenvalue weighted by Crippen LogP contribution is 2.07. The third-order valence-corrected chi connectivity index (χ3v) is 2.74. The van der Waals surface area contributed by atoms with Crippen LogP contribution in [0.1, 0.15) is 22.3 Å². The minimum atomic E-state index is -0.149. The molecule has 3 N–H and O–H groups in total. The zero-order valence-corrected chi connectivity index (χ0v) is 11.7. The molecular formula is C13H20N4O3. The van der Waals surface area contributed by atoms with Crippen LogP contribution in [0.2, 0.25) is 0 Å². The lowest BCUT2D eigenvalue weighted by Gasteiger charge is -2.22. The van der Waals surface area contributed by atoms with Crippen LogP contribution < -0.4 is 5.73 Å². The van der Waals surface area contributed by atoms with Crippen molar-refractivity contribution in [3.63, 3.8) is 0 Å². The van der Waals surface area contributed by atoms with E-state index in [9.17, 15) is 4.79 Å². The van der Waals surface area contributed by atoms with Crippen molar-refractivity contribution >= 4 is 11.7 Å². The van der Waals surface area contributed by atoms with E-state index in [2.05, 4.69) is 10.1 Å². The van der Waals surface area contributed by atoms with E-state index in [0.29, 0.717) is 31.7 Å². The number of carbonyl (C=O) groups is 1. The Morgan fingerprint density at radius 3 is 2.85 bits per heavy atom. The highest BCUT2D eigenvalue weighted by Gasteiger charge is 2.16. The van der Waals surface area contributed by atoms with Crippen LogP contribution in [-0.2, 0) is 4.74 Å². The van der Waals surface area contributed by atoms with Crippen molar-refractivity contribution in [1.82, 2.24) is 9.88 Å². The van der Waals surface area contributed by atoms with Crippen molar-refractivity contribution in [2.45, 2.75) is 13.3 Å². The van der Waals surface area contributed by atoms with Crippen LogP contribution in [0.4, 0.5) is 0 Å². The molecule has 20 heavy (non-hydrogen) atoms. The number of aryl methyl sites for hydroxylation is 1. The maximum atomic E-state index is 12.4. The summed E-state index contributed by atoms with van der Waals surface area (Å²) < 4.78 is 4.99. The Morgan fingerprint density at radius 1 is 1.50 bits per heavy atom. The third-order valence-electron chi connectivity index (χ3n) is 2.74. The first-order valence-electron chi connectivity index (χ1n) is 6.24. The maximum Gasteiger partial charge on any atom is 0.255 e. The van der Waals surface area contributed by atoms with Crippen molar-refractivity contribution < 1.29 is 14.7 Å². The second-order valence-corrected chi connectivity index (χ2v) is 4.38. The second kappa shape index (κ2) is 8.11. The molecule has 0 spiro atoms. The van der Waals surface area contributed by atoms with Gasteiger partial charge in [-0.15, -0.1) is 0 Å². The van der Waals surface area contributed by atoms with Gasteiger partial charge in [0, 0.05) is 39.0 Å². The Hall–Kier alpha value is -2.15. The van der Waals surface area contributed by atoms with Gasteiger partial charge in [0.2, 0.25) is 0 Å². The molecule has 0 saturated carbocycles. The number of amidine groups is 1. The summed E-state index contributed by atoms with van der Waals surface area (Å²) in [5.41, 5.74) is 6.86. The number of ether oxygens (including phenoxy) is 1. The SMILES string of the molecule is COCCN(CCC(N)=NO)C(=O)c1cncc(C)c1. The number of pyridine rings is 1. The molecule has 1 aromatic rings. The number of amides is 1. The molecular weight excluding hydrogens is 260 g/mol. The standard InChI is InChI=1S/C13H20N4O3/c1-10-7-11(9-15-8-10)13(18)17(5-6-20-2)4-3-12(14)16-19/h7-9,19H,3-6H2,1-2H3,(H2,14,16). The van der Waals surface area contributed by atoms with Gasteiger partial charge in [0.15, 0.2) is 0 Å². The molecule has 110 valence electrons. The topological polar surface area (TPSA) is 101 Å². The molecule has 0 aliphatic rings. The second-order valence-electron chi connectivity index (χ2n) is 4.38. The van der Waals surface area contributed by atoms with Crippen molar-refractivity contribution in [3.8, 4) is 0 Å². The Bertz CT molecular complexity index is 476. The van der Waals surface area contributed by atoms with E-state index in [1.54, 1.807) is 24.3 Å². The summed E-state index contributed by atoms with van der Waals surface area (Å²) in [4.78, 5) is 18.0. The number of aromatic nitrogens is 1. The number of oxime groups is 1. The molecule has 1 heterocycles. The van der Waals surface area contributed by atoms with Crippen LogP contribution in [0.25, 0.3) is 0 Å². The van der Waals surface area contributed by atoms with E-state index in [1.165, 1.54) is 6.20 Å². The number of hydrogen-bond donors (Lipinski definition) is 2. The molecule has 0 saturated heterocycles. The maximum absolute atomic E-state index is 12.4. The number of nitrogens with two attached hydrogens (primary N) is 1. The van der Waals surface area contributed by atoms with E-state index in [-0.39, 0.29) is 11.7 Å². The molecule has 7 nitrogen and oxygen atoms in total. The highest BCUT2D eigenvalue weighted by molar-refractivity contribution is 5.94. The summed E-state index contributed by atoms with van der Waals surface area (Å²) in [5, 5.41) is 11.4. The molecule has 0 radical (unpaired) electrons. The zero-order chi connectivity index (χ0) is 15.0. The summed E-state index contributed by atoms with van der Waals surface area (Å²) in [7, 11) is 1.57. The molecule has 0 unspecified atom stereocenters. The number of nitrogens with zero attached hydrogens (tertiary/aromatic N) is 3. The number of rotatable bonds is 7. The lowest BCUT2D eigenvalue weighted by Crippen LogP contribution is -2.36. The van der Waals surface area contributed by atoms with Crippen molar-refractivity contribution in [3.05, 3.63) is 29.6 Å². The quantitative estimate of drug-likeness (QED) is 0.330. The third kappa shape index (κ3) is 4.85. The van der Waals surface area contributed by atoms with Gasteiger partial charge in [0.1, 0.15) is 5.84 Å². The van der Waals surface area contributed by atoms with Gasteiger partial charge >= 0.3 is 0 Å². The Kier molecular flexibility index (Phi) is 6.45. The highest BCUT2D eigenvalue weighted by atomic mass is 16.5. The normalized spacial score (nSPS) is 11.4. The average molecular weight is 280 g/mol. The van der Waals surface area contributed by atoms with Crippen LogP contribution in [0.5, 0.6) is 0 Å². The molecule has 0 bridgehead atoms. The van der Waals surface area contributed by atoms with Crippen LogP contribution >= 0.6 is 0 Å². The van der Waals surface area contributed by atoms with E-state index in [1.807, 2.05) is 6.92 Å². The molecule has 1 rings (SSSR count). The minimum Gasteiger partial charge on any atom is -0.409 e. The molecule has 0 atom stereocenters. The van der Waals surface area contributed by atoms with Crippen molar-refractivity contribution in [2.75, 3.05) is 26.8 Å². The van der Waals surface area contributed by atoms with Crippen LogP contribution in [0.3, 0.4) is 0 Å². The number of hydrogen-bond acceptors (Lipinski definition) is 5. The van der Waals surface area contributed by atoms with E-state index < -0.39 is 0 Å². The predicted molar refractivity (Wildman–Crippen MR) is 74.8 cm³/mol. The summed E-state index contributed by atoms with van der Waals surface area (Å²) in [6.45, 7) is 3.08. The average Bonchev–Trinajstić information content (AvgIpc) is 2.46. The lowest BCUT2D eigenvalue weighted by molar-refractivity contribution is 0.0700. The van der Waals surface area contributed by atoms with Gasteiger partial charge in [0.25, 0.3) is 5.91 Å². The smallest absolute Gasteiger partial charge is 0.255 e. The van der Waals surface area contributed by atoms with E-state index >= 15 is 0 Å². The van der Waals surface area contributed by atoms with Crippen molar-refractivity contribution in [1.29, 1.82) is 0 Å². The predicted octanol–water partition coefficient (Wildman–Crippen LogP) is 0.615. The van der Waals surface area contributed by atoms with Crippen molar-refractivity contribution in [2.24, 2.45) is 10.9 Å². The first kappa shape index (κ1) is 15.9. The van der Waals surface area contributed by atoms with Gasteiger partial charge in [-0.05, 0) is 18.6 Å². The summed E-state index contributed by atoms with van der Waals surface area (Å²) in [5.74, 6) is -0.0634. The summed E-state index contributed by atoms with van der Waals surface area (Å²) >= 11 is 0. The fourth-order valence-corrected chi connectivity index (χ4v) is 1.67.